The number of ether oxygens (including phenoxy) is 3. The minimum absolute atomic E-state index is 0.171. The molecule has 0 aliphatic rings. The number of fused-ring (bicyclic) bond motifs is 1. The van der Waals surface area contributed by atoms with Gasteiger partial charge in [0.15, 0.2) is 11.5 Å². The Hall–Kier alpha value is -4.27. The van der Waals surface area contributed by atoms with Gasteiger partial charge in [-0.1, -0.05) is 12.1 Å². The third-order valence-electron chi connectivity index (χ3n) is 4.88. The third kappa shape index (κ3) is 4.13. The Kier molecular flexibility index (Phi) is 6.07. The molecule has 0 saturated carbocycles. The van der Waals surface area contributed by atoms with Crippen molar-refractivity contribution in [3.05, 3.63) is 65.5 Å². The average Bonchev–Trinajstić information content (AvgIpc) is 3.50. The van der Waals surface area contributed by atoms with Crippen molar-refractivity contribution in [2.24, 2.45) is 0 Å². The van der Waals surface area contributed by atoms with Gasteiger partial charge in [-0.25, -0.2) is 4.98 Å². The van der Waals surface area contributed by atoms with Crippen molar-refractivity contribution in [2.45, 2.75) is 6.54 Å². The second kappa shape index (κ2) is 9.25. The summed E-state index contributed by atoms with van der Waals surface area (Å²) in [4.78, 5) is 16.8. The molecule has 0 fully saturated rings. The lowest BCUT2D eigenvalue weighted by Gasteiger charge is -2.10. The summed E-state index contributed by atoms with van der Waals surface area (Å²) >= 11 is 0. The first-order valence-corrected chi connectivity index (χ1v) is 9.76. The number of benzene rings is 2. The summed E-state index contributed by atoms with van der Waals surface area (Å²) in [6.45, 7) is 0.171. The predicted octanol–water partition coefficient (Wildman–Crippen LogP) is 3.68. The van der Waals surface area contributed by atoms with Crippen molar-refractivity contribution < 1.29 is 23.4 Å². The van der Waals surface area contributed by atoms with E-state index in [-0.39, 0.29) is 12.5 Å². The molecule has 4 aromatic rings. The van der Waals surface area contributed by atoms with Crippen LogP contribution in [0, 0.1) is 0 Å². The number of aromatic amines is 1. The van der Waals surface area contributed by atoms with Crippen molar-refractivity contribution in [1.29, 1.82) is 0 Å². The summed E-state index contributed by atoms with van der Waals surface area (Å²) in [5, 5.41) is 10.8. The van der Waals surface area contributed by atoms with Crippen LogP contribution in [0.15, 0.2) is 47.2 Å². The van der Waals surface area contributed by atoms with E-state index in [1.54, 1.807) is 26.4 Å². The molecule has 0 atom stereocenters. The Bertz CT molecular complexity index is 1260. The van der Waals surface area contributed by atoms with Gasteiger partial charge in [0.25, 0.3) is 5.91 Å². The molecule has 0 aliphatic carbocycles. The zero-order chi connectivity index (χ0) is 22.5. The van der Waals surface area contributed by atoms with Crippen LogP contribution in [0.1, 0.15) is 27.5 Å². The highest BCUT2D eigenvalue weighted by Crippen LogP contribution is 2.33. The quantitative estimate of drug-likeness (QED) is 0.435. The zero-order valence-electron chi connectivity index (χ0n) is 17.8. The van der Waals surface area contributed by atoms with Gasteiger partial charge in [-0.15, -0.1) is 0 Å². The third-order valence-corrected chi connectivity index (χ3v) is 4.88. The van der Waals surface area contributed by atoms with E-state index in [1.807, 2.05) is 30.4 Å². The van der Waals surface area contributed by atoms with Crippen LogP contribution >= 0.6 is 0 Å². The highest BCUT2D eigenvalue weighted by molar-refractivity contribution is 6.05. The molecule has 4 rings (SSSR count). The summed E-state index contributed by atoms with van der Waals surface area (Å²) in [5.41, 5.74) is 2.67. The Morgan fingerprint density at radius 1 is 1.09 bits per heavy atom. The first-order valence-electron chi connectivity index (χ1n) is 9.76. The number of rotatable bonds is 8. The van der Waals surface area contributed by atoms with E-state index < -0.39 is 0 Å². The molecule has 164 valence electrons. The number of carbonyl (C=O) groups is 1. The van der Waals surface area contributed by atoms with Gasteiger partial charge in [-0.3, -0.25) is 9.89 Å². The lowest BCUT2D eigenvalue weighted by molar-refractivity contribution is 0.0944. The minimum atomic E-state index is -0.307. The lowest BCUT2D eigenvalue weighted by Crippen LogP contribution is -2.23. The van der Waals surface area contributed by atoms with Crippen molar-refractivity contribution in [1.82, 2.24) is 20.5 Å². The summed E-state index contributed by atoms with van der Waals surface area (Å²) in [5.74, 6) is 1.82. The SMILES string of the molecule is COc1ccc(/C=C/c2[nH]nc3ccc(C(=O)NCc4ncco4)c(OC)c23)cc1OC. The van der Waals surface area contributed by atoms with E-state index in [4.69, 9.17) is 18.6 Å². The van der Waals surface area contributed by atoms with Crippen molar-refractivity contribution in [3.63, 3.8) is 0 Å². The van der Waals surface area contributed by atoms with Crippen LogP contribution in [-0.4, -0.2) is 42.4 Å². The molecule has 0 bridgehead atoms. The Balaban J connectivity index is 1.65. The Morgan fingerprint density at radius 3 is 2.66 bits per heavy atom. The molecule has 0 unspecified atom stereocenters. The van der Waals surface area contributed by atoms with Crippen LogP contribution in [0.2, 0.25) is 0 Å². The molecule has 0 radical (unpaired) electrons. The summed E-state index contributed by atoms with van der Waals surface area (Å²) < 4.78 is 21.4. The van der Waals surface area contributed by atoms with Crippen LogP contribution in [0.4, 0.5) is 0 Å². The second-order valence-corrected chi connectivity index (χ2v) is 6.73. The Labute approximate surface area is 184 Å². The zero-order valence-corrected chi connectivity index (χ0v) is 17.8. The molecule has 0 spiro atoms. The Morgan fingerprint density at radius 2 is 1.94 bits per heavy atom. The van der Waals surface area contributed by atoms with Crippen molar-refractivity contribution in [2.75, 3.05) is 21.3 Å². The van der Waals surface area contributed by atoms with Crippen LogP contribution < -0.4 is 19.5 Å². The van der Waals surface area contributed by atoms with E-state index in [2.05, 4.69) is 20.5 Å². The molecule has 32 heavy (non-hydrogen) atoms. The summed E-state index contributed by atoms with van der Waals surface area (Å²) in [7, 11) is 4.71. The molecule has 0 aliphatic heterocycles. The van der Waals surface area contributed by atoms with Gasteiger partial charge in [0, 0.05) is 0 Å². The van der Waals surface area contributed by atoms with E-state index in [0.29, 0.717) is 45.3 Å². The summed E-state index contributed by atoms with van der Waals surface area (Å²) in [6, 6.07) is 9.05. The maximum atomic E-state index is 12.8. The molecular formula is C23H22N4O5. The van der Waals surface area contributed by atoms with E-state index in [1.165, 1.54) is 19.6 Å². The number of hydrogen-bond acceptors (Lipinski definition) is 7. The maximum Gasteiger partial charge on any atom is 0.255 e. The number of nitrogens with one attached hydrogen (secondary N) is 2. The first kappa shape index (κ1) is 21.0. The molecule has 1 amide bonds. The number of carbonyl (C=O) groups excluding carboxylic acids is 1. The van der Waals surface area contributed by atoms with Gasteiger partial charge in [0.1, 0.15) is 12.0 Å². The van der Waals surface area contributed by atoms with Crippen LogP contribution in [-0.2, 0) is 6.54 Å². The van der Waals surface area contributed by atoms with Crippen LogP contribution in [0.25, 0.3) is 23.1 Å². The topological polar surface area (TPSA) is 112 Å². The number of nitrogens with zero attached hydrogens (tertiary/aromatic N) is 2. The van der Waals surface area contributed by atoms with Gasteiger partial charge in [0.2, 0.25) is 5.89 Å². The standard InChI is InChI=1S/C23H22N4O5/c1-29-18-9-5-14(12-19(18)30-2)4-7-16-21-17(27-26-16)8-6-15(22(21)31-3)23(28)25-13-20-24-10-11-32-20/h4-12H,13H2,1-3H3,(H,25,28)(H,26,27)/b7-4+. The largest absolute Gasteiger partial charge is 0.495 e. The first-order chi connectivity index (χ1) is 15.6. The number of amides is 1. The van der Waals surface area contributed by atoms with E-state index >= 15 is 0 Å². The van der Waals surface area contributed by atoms with Gasteiger partial charge in [-0.2, -0.15) is 5.10 Å². The minimum Gasteiger partial charge on any atom is -0.495 e. The second-order valence-electron chi connectivity index (χ2n) is 6.73. The van der Waals surface area contributed by atoms with Gasteiger partial charge >= 0.3 is 0 Å². The van der Waals surface area contributed by atoms with Crippen molar-refractivity contribution >= 4 is 29.0 Å². The molecule has 9 heteroatoms. The predicted molar refractivity (Wildman–Crippen MR) is 119 cm³/mol. The van der Waals surface area contributed by atoms with Crippen LogP contribution in [0.3, 0.4) is 0 Å². The highest BCUT2D eigenvalue weighted by atomic mass is 16.5. The fourth-order valence-corrected chi connectivity index (χ4v) is 3.34. The molecule has 9 nitrogen and oxygen atoms in total. The van der Waals surface area contributed by atoms with Gasteiger partial charge in [0.05, 0.1) is 56.2 Å². The number of hydrogen-bond donors (Lipinski definition) is 2. The number of oxazole rings is 1. The van der Waals surface area contributed by atoms with Crippen LogP contribution in [0.5, 0.6) is 17.2 Å². The molecular weight excluding hydrogens is 412 g/mol. The smallest absolute Gasteiger partial charge is 0.255 e. The van der Waals surface area contributed by atoms with E-state index in [0.717, 1.165) is 5.56 Å². The average molecular weight is 434 g/mol. The number of aromatic nitrogens is 3. The lowest BCUT2D eigenvalue weighted by atomic mass is 10.1. The molecule has 2 heterocycles. The molecule has 2 N–H and O–H groups in total. The number of H-pyrrole nitrogens is 1. The molecule has 0 saturated heterocycles. The van der Waals surface area contributed by atoms with Crippen molar-refractivity contribution in [3.8, 4) is 17.2 Å². The van der Waals surface area contributed by atoms with Gasteiger partial charge in [-0.05, 0) is 35.9 Å². The fourth-order valence-electron chi connectivity index (χ4n) is 3.34. The molecule has 2 aromatic carbocycles. The maximum absolute atomic E-state index is 12.8. The van der Waals surface area contributed by atoms with Gasteiger partial charge < -0.3 is 23.9 Å². The normalized spacial score (nSPS) is 11.1. The monoisotopic (exact) mass is 434 g/mol. The molecule has 2 aromatic heterocycles. The summed E-state index contributed by atoms with van der Waals surface area (Å²) in [6.07, 6.45) is 6.75. The fraction of sp³-hybridized carbons (Fsp3) is 0.174. The number of methoxy groups -OCH3 is 3. The van der Waals surface area contributed by atoms with E-state index in [9.17, 15) is 4.79 Å². The highest BCUT2D eigenvalue weighted by Gasteiger charge is 2.19.